The lowest BCUT2D eigenvalue weighted by Gasteiger charge is -2.13. The van der Waals surface area contributed by atoms with E-state index in [1.54, 1.807) is 25.3 Å². The minimum absolute atomic E-state index is 0.156. The third-order valence-corrected chi connectivity index (χ3v) is 4.39. The molecule has 1 atom stereocenters. The molecule has 24 heavy (non-hydrogen) atoms. The summed E-state index contributed by atoms with van der Waals surface area (Å²) in [7, 11) is 1.58. The Balaban J connectivity index is 1.69. The Kier molecular flexibility index (Phi) is 5.15. The Morgan fingerprint density at radius 3 is 2.96 bits per heavy atom. The second-order valence-corrected chi connectivity index (χ2v) is 6.07. The van der Waals surface area contributed by atoms with Crippen LogP contribution in [0.25, 0.3) is 10.9 Å². The van der Waals surface area contributed by atoms with Gasteiger partial charge in [-0.2, -0.15) is 0 Å². The number of hydrogen-bond donors (Lipinski definition) is 2. The highest BCUT2D eigenvalue weighted by atomic mass is 16.5. The quantitative estimate of drug-likeness (QED) is 0.760. The van der Waals surface area contributed by atoms with E-state index in [9.17, 15) is 4.79 Å². The van der Waals surface area contributed by atoms with Gasteiger partial charge >= 0.3 is 5.97 Å². The summed E-state index contributed by atoms with van der Waals surface area (Å²) < 4.78 is 11.2. The van der Waals surface area contributed by atoms with Crippen LogP contribution in [0.3, 0.4) is 0 Å². The molecule has 0 bridgehead atoms. The Bertz CT molecular complexity index is 726. The van der Waals surface area contributed by atoms with Gasteiger partial charge in [0.25, 0.3) is 0 Å². The van der Waals surface area contributed by atoms with Crippen molar-refractivity contribution in [2.45, 2.75) is 19.3 Å². The fourth-order valence-electron chi connectivity index (χ4n) is 3.04. The first-order valence-corrected chi connectivity index (χ1v) is 8.22. The predicted molar refractivity (Wildman–Crippen MR) is 91.0 cm³/mol. The number of ether oxygens (including phenoxy) is 2. The molecule has 1 aromatic carbocycles. The molecule has 1 aromatic heterocycles. The highest BCUT2D eigenvalue weighted by molar-refractivity contribution is 5.93. The van der Waals surface area contributed by atoms with Crippen molar-refractivity contribution in [3.63, 3.8) is 0 Å². The smallest absolute Gasteiger partial charge is 0.337 e. The van der Waals surface area contributed by atoms with E-state index >= 15 is 0 Å². The Morgan fingerprint density at radius 1 is 1.38 bits per heavy atom. The van der Waals surface area contributed by atoms with Crippen molar-refractivity contribution >= 4 is 16.9 Å². The van der Waals surface area contributed by atoms with Gasteiger partial charge < -0.3 is 19.9 Å². The van der Waals surface area contributed by atoms with Crippen molar-refractivity contribution in [2.75, 3.05) is 26.8 Å². The molecular weight excluding hydrogens is 308 g/mol. The van der Waals surface area contributed by atoms with Crippen molar-refractivity contribution in [3.05, 3.63) is 30.0 Å². The zero-order chi connectivity index (χ0) is 16.9. The molecule has 0 saturated carbocycles. The van der Waals surface area contributed by atoms with Crippen molar-refractivity contribution in [3.8, 4) is 11.5 Å². The summed E-state index contributed by atoms with van der Waals surface area (Å²) in [5.74, 6) is 0.993. The molecular formula is C18H22N2O4. The number of pyridine rings is 1. The van der Waals surface area contributed by atoms with Gasteiger partial charge in [0.2, 0.25) is 0 Å². The van der Waals surface area contributed by atoms with Crippen LogP contribution in [0.1, 0.15) is 29.6 Å². The number of hydrogen-bond acceptors (Lipinski definition) is 5. The number of carboxylic acids is 1. The van der Waals surface area contributed by atoms with Crippen LogP contribution in [0.15, 0.2) is 24.4 Å². The Labute approximate surface area is 140 Å². The first-order valence-electron chi connectivity index (χ1n) is 8.22. The van der Waals surface area contributed by atoms with Crippen LogP contribution in [-0.2, 0) is 0 Å². The SMILES string of the molecule is COc1cc2cc(C(=O)O)cnc2cc1OCCCC1CCNC1. The number of nitrogens with zero attached hydrogens (tertiary/aromatic N) is 1. The largest absolute Gasteiger partial charge is 0.493 e. The van der Waals surface area contributed by atoms with E-state index < -0.39 is 5.97 Å². The number of aromatic nitrogens is 1. The molecule has 0 amide bonds. The molecule has 6 heteroatoms. The number of rotatable bonds is 7. The third-order valence-electron chi connectivity index (χ3n) is 4.39. The van der Waals surface area contributed by atoms with Gasteiger partial charge in [-0.15, -0.1) is 0 Å². The van der Waals surface area contributed by atoms with E-state index in [4.69, 9.17) is 14.6 Å². The maximum Gasteiger partial charge on any atom is 0.337 e. The number of benzene rings is 1. The van der Waals surface area contributed by atoms with E-state index in [0.717, 1.165) is 37.2 Å². The summed E-state index contributed by atoms with van der Waals surface area (Å²) in [6.07, 6.45) is 4.76. The van der Waals surface area contributed by atoms with Gasteiger partial charge in [0, 0.05) is 17.6 Å². The highest BCUT2D eigenvalue weighted by Gasteiger charge is 2.14. The van der Waals surface area contributed by atoms with Crippen LogP contribution in [0.4, 0.5) is 0 Å². The third kappa shape index (κ3) is 3.76. The first-order chi connectivity index (χ1) is 11.7. The van der Waals surface area contributed by atoms with E-state index in [-0.39, 0.29) is 5.56 Å². The van der Waals surface area contributed by atoms with Crippen LogP contribution < -0.4 is 14.8 Å². The number of carboxylic acid groups (broad SMARTS) is 1. The standard InChI is InChI=1S/C18H22N2O4/c1-23-16-8-13-7-14(18(21)22)11-20-15(13)9-17(16)24-6-2-3-12-4-5-19-10-12/h7-9,11-12,19H,2-6,10H2,1H3,(H,21,22). The van der Waals surface area contributed by atoms with E-state index in [0.29, 0.717) is 23.6 Å². The normalized spacial score (nSPS) is 17.1. The lowest BCUT2D eigenvalue weighted by Crippen LogP contribution is -2.10. The summed E-state index contributed by atoms with van der Waals surface area (Å²) in [5, 5.41) is 13.1. The van der Waals surface area contributed by atoms with Gasteiger partial charge in [-0.05, 0) is 50.4 Å². The summed E-state index contributed by atoms with van der Waals surface area (Å²) in [4.78, 5) is 15.3. The summed E-state index contributed by atoms with van der Waals surface area (Å²) >= 11 is 0. The number of methoxy groups -OCH3 is 1. The van der Waals surface area contributed by atoms with Crippen LogP contribution in [0, 0.1) is 5.92 Å². The zero-order valence-corrected chi connectivity index (χ0v) is 13.7. The minimum Gasteiger partial charge on any atom is -0.493 e. The summed E-state index contributed by atoms with van der Waals surface area (Å²) in [5.41, 5.74) is 0.846. The molecule has 128 valence electrons. The van der Waals surface area contributed by atoms with Gasteiger partial charge in [-0.25, -0.2) is 4.79 Å². The van der Waals surface area contributed by atoms with Crippen molar-refractivity contribution in [1.29, 1.82) is 0 Å². The highest BCUT2D eigenvalue weighted by Crippen LogP contribution is 2.32. The van der Waals surface area contributed by atoms with Crippen molar-refractivity contribution < 1.29 is 19.4 Å². The van der Waals surface area contributed by atoms with Gasteiger partial charge in [-0.3, -0.25) is 4.98 Å². The van der Waals surface area contributed by atoms with Gasteiger partial charge in [0.1, 0.15) is 0 Å². The van der Waals surface area contributed by atoms with Crippen LogP contribution >= 0.6 is 0 Å². The lowest BCUT2D eigenvalue weighted by atomic mass is 10.0. The van der Waals surface area contributed by atoms with Crippen LogP contribution in [-0.4, -0.2) is 42.9 Å². The topological polar surface area (TPSA) is 80.7 Å². The van der Waals surface area contributed by atoms with Crippen molar-refractivity contribution in [2.24, 2.45) is 5.92 Å². The molecule has 1 saturated heterocycles. The first kappa shape index (κ1) is 16.5. The molecule has 2 aromatic rings. The molecule has 2 N–H and O–H groups in total. The summed E-state index contributed by atoms with van der Waals surface area (Å²) in [6, 6.07) is 5.16. The monoisotopic (exact) mass is 330 g/mol. The average molecular weight is 330 g/mol. The van der Waals surface area contributed by atoms with Crippen molar-refractivity contribution in [1.82, 2.24) is 10.3 Å². The predicted octanol–water partition coefficient (Wildman–Crippen LogP) is 2.71. The molecule has 1 aliphatic rings. The summed E-state index contributed by atoms with van der Waals surface area (Å²) in [6.45, 7) is 2.86. The fourth-order valence-corrected chi connectivity index (χ4v) is 3.04. The van der Waals surface area contributed by atoms with E-state index in [1.165, 1.54) is 12.6 Å². The molecule has 0 spiro atoms. The molecule has 6 nitrogen and oxygen atoms in total. The maximum atomic E-state index is 11.0. The lowest BCUT2D eigenvalue weighted by molar-refractivity contribution is 0.0696. The second-order valence-electron chi connectivity index (χ2n) is 6.07. The number of fused-ring (bicyclic) bond motifs is 1. The zero-order valence-electron chi connectivity index (χ0n) is 13.7. The Hall–Kier alpha value is -2.34. The number of carbonyl (C=O) groups is 1. The average Bonchev–Trinajstić information content (AvgIpc) is 3.10. The van der Waals surface area contributed by atoms with Crippen LogP contribution in [0.2, 0.25) is 0 Å². The molecule has 1 fully saturated rings. The van der Waals surface area contributed by atoms with Gasteiger partial charge in [0.15, 0.2) is 11.5 Å². The number of nitrogens with one attached hydrogen (secondary N) is 1. The van der Waals surface area contributed by atoms with Gasteiger partial charge in [0.05, 0.1) is 24.8 Å². The second kappa shape index (κ2) is 7.49. The molecule has 1 unspecified atom stereocenters. The molecule has 3 rings (SSSR count). The molecule has 1 aliphatic heterocycles. The minimum atomic E-state index is -0.995. The molecule has 0 radical (unpaired) electrons. The van der Waals surface area contributed by atoms with Crippen LogP contribution in [0.5, 0.6) is 11.5 Å². The van der Waals surface area contributed by atoms with Gasteiger partial charge in [-0.1, -0.05) is 0 Å². The molecule has 2 heterocycles. The number of aromatic carboxylic acids is 1. The van der Waals surface area contributed by atoms with E-state index in [2.05, 4.69) is 10.3 Å². The van der Waals surface area contributed by atoms with E-state index in [1.807, 2.05) is 0 Å². The Morgan fingerprint density at radius 2 is 2.25 bits per heavy atom. The fraction of sp³-hybridized carbons (Fsp3) is 0.444. The maximum absolute atomic E-state index is 11.0. The molecule has 0 aliphatic carbocycles.